The first kappa shape index (κ1) is 12.8. The average molecular weight is 265 g/mol. The molecule has 3 amide bonds. The summed E-state index contributed by atoms with van der Waals surface area (Å²) >= 11 is 1.47. The third-order valence-corrected chi connectivity index (χ3v) is 3.93. The van der Waals surface area contributed by atoms with E-state index < -0.39 is 6.03 Å². The lowest BCUT2D eigenvalue weighted by Crippen LogP contribution is -2.48. The normalized spacial score (nSPS) is 18.3. The Bertz CT molecular complexity index is 504. The Hall–Kier alpha value is -1.69. The summed E-state index contributed by atoms with van der Waals surface area (Å²) < 4.78 is 0. The lowest BCUT2D eigenvalue weighted by atomic mass is 10.2. The molecule has 6 heteroatoms. The molecule has 1 unspecified atom stereocenters. The first-order valence-corrected chi connectivity index (χ1v) is 6.50. The Labute approximate surface area is 110 Å². The zero-order chi connectivity index (χ0) is 13.3. The summed E-state index contributed by atoms with van der Waals surface area (Å²) in [6.45, 7) is 1.80. The van der Waals surface area contributed by atoms with E-state index in [2.05, 4.69) is 10.6 Å². The molecular weight excluding hydrogens is 250 g/mol. The minimum absolute atomic E-state index is 0.194. The van der Waals surface area contributed by atoms with Crippen LogP contribution in [0, 0.1) is 0 Å². The van der Waals surface area contributed by atoms with E-state index in [1.165, 1.54) is 23.7 Å². The summed E-state index contributed by atoms with van der Waals surface area (Å²) in [6.07, 6.45) is 0. The van der Waals surface area contributed by atoms with Crippen molar-refractivity contribution in [3.05, 3.63) is 18.2 Å². The number of nitrogens with one attached hydrogen (secondary N) is 2. The van der Waals surface area contributed by atoms with E-state index in [0.717, 1.165) is 10.6 Å². The molecule has 96 valence electrons. The molecule has 0 saturated heterocycles. The second-order valence-corrected chi connectivity index (χ2v) is 5.30. The van der Waals surface area contributed by atoms with E-state index in [1.54, 1.807) is 20.0 Å². The fourth-order valence-corrected chi connectivity index (χ4v) is 2.81. The molecule has 1 aliphatic heterocycles. The quantitative estimate of drug-likeness (QED) is 0.814. The summed E-state index contributed by atoms with van der Waals surface area (Å²) in [6, 6.07) is 5.25. The van der Waals surface area contributed by atoms with Gasteiger partial charge in [0.15, 0.2) is 0 Å². The van der Waals surface area contributed by atoms with Gasteiger partial charge in [-0.15, -0.1) is 11.8 Å². The molecule has 1 aromatic carbocycles. The molecule has 1 aliphatic rings. The predicted molar refractivity (Wildman–Crippen MR) is 73.2 cm³/mol. The van der Waals surface area contributed by atoms with E-state index in [4.69, 9.17) is 0 Å². The Morgan fingerprint density at radius 1 is 1.39 bits per heavy atom. The minimum atomic E-state index is -0.401. The molecule has 1 heterocycles. The number of carbonyl (C=O) groups is 2. The third kappa shape index (κ3) is 2.03. The van der Waals surface area contributed by atoms with Crippen molar-refractivity contribution in [3.63, 3.8) is 0 Å². The Balaban J connectivity index is 2.53. The van der Waals surface area contributed by atoms with Gasteiger partial charge in [0.1, 0.15) is 0 Å². The van der Waals surface area contributed by atoms with Gasteiger partial charge in [0.05, 0.1) is 10.9 Å². The van der Waals surface area contributed by atoms with Crippen molar-refractivity contribution in [2.75, 3.05) is 24.3 Å². The fraction of sp³-hybridized carbons (Fsp3) is 0.333. The van der Waals surface area contributed by atoms with Crippen LogP contribution in [-0.2, 0) is 4.79 Å². The number of fused-ring (bicyclic) bond motifs is 1. The van der Waals surface area contributed by atoms with Gasteiger partial charge in [-0.25, -0.2) is 9.69 Å². The summed E-state index contributed by atoms with van der Waals surface area (Å²) in [5.41, 5.74) is 1.50. The van der Waals surface area contributed by atoms with Crippen molar-refractivity contribution in [1.29, 1.82) is 0 Å². The van der Waals surface area contributed by atoms with Gasteiger partial charge in [-0.3, -0.25) is 4.79 Å². The number of amides is 3. The molecular formula is C12H15N3O2S. The maximum Gasteiger partial charge on any atom is 0.328 e. The van der Waals surface area contributed by atoms with Gasteiger partial charge in [0, 0.05) is 24.7 Å². The Morgan fingerprint density at radius 3 is 2.72 bits per heavy atom. The summed E-state index contributed by atoms with van der Waals surface area (Å²) in [5, 5.41) is 5.25. The van der Waals surface area contributed by atoms with E-state index in [0.29, 0.717) is 5.69 Å². The molecule has 0 spiro atoms. The third-order valence-electron chi connectivity index (χ3n) is 2.78. The lowest BCUT2D eigenvalue weighted by molar-refractivity contribution is -0.117. The second-order valence-electron chi connectivity index (χ2n) is 3.92. The largest absolute Gasteiger partial charge is 0.388 e. The first-order chi connectivity index (χ1) is 8.58. The number of thioether (sulfide) groups is 1. The van der Waals surface area contributed by atoms with Crippen LogP contribution >= 0.6 is 11.8 Å². The zero-order valence-corrected chi connectivity index (χ0v) is 11.3. The van der Waals surface area contributed by atoms with Crippen molar-refractivity contribution < 1.29 is 9.59 Å². The van der Waals surface area contributed by atoms with E-state index >= 15 is 0 Å². The summed E-state index contributed by atoms with van der Waals surface area (Å²) in [4.78, 5) is 26.1. The van der Waals surface area contributed by atoms with E-state index in [9.17, 15) is 9.59 Å². The van der Waals surface area contributed by atoms with Gasteiger partial charge in [-0.1, -0.05) is 0 Å². The molecule has 0 aromatic heterocycles. The number of benzene rings is 1. The Kier molecular flexibility index (Phi) is 3.47. The van der Waals surface area contributed by atoms with Crippen LogP contribution in [0.2, 0.25) is 0 Å². The van der Waals surface area contributed by atoms with Gasteiger partial charge in [-0.05, 0) is 25.1 Å². The van der Waals surface area contributed by atoms with E-state index in [-0.39, 0.29) is 11.2 Å². The van der Waals surface area contributed by atoms with Gasteiger partial charge < -0.3 is 10.6 Å². The maximum atomic E-state index is 12.1. The van der Waals surface area contributed by atoms with Gasteiger partial charge in [-0.2, -0.15) is 0 Å². The molecule has 5 nitrogen and oxygen atoms in total. The standard InChI is InChI=1S/C12H15N3O2S/c1-7-11(16)15(12(17)14-3)9-6-8(13-2)4-5-10(9)18-7/h4-7,13H,1-3H3,(H,14,17). The van der Waals surface area contributed by atoms with Crippen molar-refractivity contribution in [3.8, 4) is 0 Å². The smallest absolute Gasteiger partial charge is 0.328 e. The van der Waals surface area contributed by atoms with Crippen molar-refractivity contribution >= 4 is 35.1 Å². The number of nitrogens with zero attached hydrogens (tertiary/aromatic N) is 1. The Morgan fingerprint density at radius 2 is 2.11 bits per heavy atom. The number of urea groups is 1. The molecule has 2 rings (SSSR count). The van der Waals surface area contributed by atoms with Crippen LogP contribution in [0.1, 0.15) is 6.92 Å². The SMILES string of the molecule is CNC(=O)N1C(=O)C(C)Sc2ccc(NC)cc21. The molecule has 0 radical (unpaired) electrons. The molecule has 0 fully saturated rings. The predicted octanol–water partition coefficient (Wildman–Crippen LogP) is 1.89. The summed E-state index contributed by atoms with van der Waals surface area (Å²) in [5.74, 6) is -0.194. The van der Waals surface area contributed by atoms with Crippen LogP contribution in [0.25, 0.3) is 0 Å². The molecule has 0 aliphatic carbocycles. The number of hydrogen-bond donors (Lipinski definition) is 2. The van der Waals surface area contributed by atoms with Crippen LogP contribution in [-0.4, -0.2) is 31.3 Å². The number of imide groups is 1. The monoisotopic (exact) mass is 265 g/mol. The topological polar surface area (TPSA) is 61.4 Å². The average Bonchev–Trinajstić information content (AvgIpc) is 2.39. The van der Waals surface area contributed by atoms with Crippen molar-refractivity contribution in [2.45, 2.75) is 17.1 Å². The minimum Gasteiger partial charge on any atom is -0.388 e. The van der Waals surface area contributed by atoms with Gasteiger partial charge >= 0.3 is 6.03 Å². The summed E-state index contributed by atoms with van der Waals surface area (Å²) in [7, 11) is 3.32. The highest BCUT2D eigenvalue weighted by Crippen LogP contribution is 2.40. The first-order valence-electron chi connectivity index (χ1n) is 5.62. The molecule has 0 saturated carbocycles. The molecule has 18 heavy (non-hydrogen) atoms. The van der Waals surface area contributed by atoms with Crippen LogP contribution in [0.4, 0.5) is 16.2 Å². The number of anilines is 2. The number of rotatable bonds is 1. The van der Waals surface area contributed by atoms with E-state index in [1.807, 2.05) is 12.1 Å². The highest BCUT2D eigenvalue weighted by atomic mass is 32.2. The van der Waals surface area contributed by atoms with Gasteiger partial charge in [0.25, 0.3) is 0 Å². The molecule has 1 aromatic rings. The number of carbonyl (C=O) groups excluding carboxylic acids is 2. The zero-order valence-electron chi connectivity index (χ0n) is 10.5. The van der Waals surface area contributed by atoms with Crippen molar-refractivity contribution in [2.24, 2.45) is 0 Å². The molecule has 1 atom stereocenters. The van der Waals surface area contributed by atoms with Crippen molar-refractivity contribution in [1.82, 2.24) is 5.32 Å². The van der Waals surface area contributed by atoms with Crippen LogP contribution < -0.4 is 15.5 Å². The fourth-order valence-electron chi connectivity index (χ4n) is 1.81. The maximum absolute atomic E-state index is 12.1. The van der Waals surface area contributed by atoms with Gasteiger partial charge in [0.2, 0.25) is 5.91 Å². The highest BCUT2D eigenvalue weighted by Gasteiger charge is 2.34. The number of hydrogen-bond acceptors (Lipinski definition) is 4. The molecule has 2 N–H and O–H groups in total. The lowest BCUT2D eigenvalue weighted by Gasteiger charge is -2.30. The van der Waals surface area contributed by atoms with Crippen LogP contribution in [0.3, 0.4) is 0 Å². The highest BCUT2D eigenvalue weighted by molar-refractivity contribution is 8.01. The van der Waals surface area contributed by atoms with Crippen LogP contribution in [0.5, 0.6) is 0 Å². The second kappa shape index (κ2) is 4.89. The molecule has 0 bridgehead atoms. The van der Waals surface area contributed by atoms with Crippen LogP contribution in [0.15, 0.2) is 23.1 Å².